The summed E-state index contributed by atoms with van der Waals surface area (Å²) >= 11 is 0. The normalized spacial score (nSPS) is 12.1. The van der Waals surface area contributed by atoms with Crippen LogP contribution in [0.3, 0.4) is 0 Å². The molecule has 0 heterocycles. The monoisotopic (exact) mass is 392 g/mol. The molecule has 9 heteroatoms. The van der Waals surface area contributed by atoms with Gasteiger partial charge in [0.15, 0.2) is 6.61 Å². The van der Waals surface area contributed by atoms with Crippen LogP contribution in [0.4, 0.5) is 5.69 Å². The molecule has 0 unspecified atom stereocenters. The minimum absolute atomic E-state index is 0.0426. The predicted octanol–water partition coefficient (Wildman–Crippen LogP) is 1.44. The number of benzene rings is 2. The maximum atomic E-state index is 12.4. The van der Waals surface area contributed by atoms with E-state index in [9.17, 15) is 23.1 Å². The molecule has 3 N–H and O–H groups in total. The standard InChI is InChI=1S/C18H20N2O6S/c1-12(21)13-5-9-16(10-6-13)27(24,25)20-15-7-3-14(4-8-15)18(23)26-11-17(22)19-2/h3-10,12,20-21H,11H2,1-2H3,(H,19,22)/t12-/m1/s1. The van der Waals surface area contributed by atoms with E-state index in [1.165, 1.54) is 55.6 Å². The molecule has 0 bridgehead atoms. The van der Waals surface area contributed by atoms with Gasteiger partial charge >= 0.3 is 5.97 Å². The highest BCUT2D eigenvalue weighted by atomic mass is 32.2. The lowest BCUT2D eigenvalue weighted by Crippen LogP contribution is -2.25. The number of nitrogens with one attached hydrogen (secondary N) is 2. The Morgan fingerprint density at radius 2 is 1.67 bits per heavy atom. The maximum Gasteiger partial charge on any atom is 0.338 e. The summed E-state index contributed by atoms with van der Waals surface area (Å²) < 4.78 is 32.0. The van der Waals surface area contributed by atoms with Crippen LogP contribution < -0.4 is 10.0 Å². The SMILES string of the molecule is CNC(=O)COC(=O)c1ccc(NS(=O)(=O)c2ccc([C@@H](C)O)cc2)cc1. The van der Waals surface area contributed by atoms with Gasteiger partial charge in [0, 0.05) is 12.7 Å². The van der Waals surface area contributed by atoms with Gasteiger partial charge in [0.2, 0.25) is 0 Å². The van der Waals surface area contributed by atoms with Gasteiger partial charge in [-0.1, -0.05) is 12.1 Å². The molecule has 0 aliphatic heterocycles. The van der Waals surface area contributed by atoms with Crippen molar-refractivity contribution in [3.63, 3.8) is 0 Å². The van der Waals surface area contributed by atoms with Crippen molar-refractivity contribution in [2.75, 3.05) is 18.4 Å². The number of sulfonamides is 1. The van der Waals surface area contributed by atoms with Gasteiger partial charge in [-0.25, -0.2) is 13.2 Å². The molecule has 0 saturated heterocycles. The molecule has 27 heavy (non-hydrogen) atoms. The van der Waals surface area contributed by atoms with Gasteiger partial charge < -0.3 is 15.2 Å². The van der Waals surface area contributed by atoms with Gasteiger partial charge in [0.25, 0.3) is 15.9 Å². The van der Waals surface area contributed by atoms with Gasteiger partial charge in [0.05, 0.1) is 16.6 Å². The van der Waals surface area contributed by atoms with Gasteiger partial charge in [-0.2, -0.15) is 0 Å². The second kappa shape index (κ2) is 8.65. The molecular formula is C18H20N2O6S. The zero-order valence-corrected chi connectivity index (χ0v) is 15.6. The van der Waals surface area contributed by atoms with Crippen molar-refractivity contribution in [1.29, 1.82) is 0 Å². The number of carbonyl (C=O) groups is 2. The quantitative estimate of drug-likeness (QED) is 0.613. The average molecular weight is 392 g/mol. The van der Waals surface area contributed by atoms with Crippen LogP contribution in [0, 0.1) is 0 Å². The summed E-state index contributed by atoms with van der Waals surface area (Å²) in [5.41, 5.74) is 1.05. The van der Waals surface area contributed by atoms with Crippen LogP contribution in [-0.4, -0.2) is 39.1 Å². The van der Waals surface area contributed by atoms with E-state index in [2.05, 4.69) is 10.0 Å². The Morgan fingerprint density at radius 1 is 1.07 bits per heavy atom. The highest BCUT2D eigenvalue weighted by Gasteiger charge is 2.15. The number of carbonyl (C=O) groups excluding carboxylic acids is 2. The van der Waals surface area contributed by atoms with Crippen molar-refractivity contribution in [2.45, 2.75) is 17.9 Å². The molecule has 144 valence electrons. The van der Waals surface area contributed by atoms with E-state index >= 15 is 0 Å². The number of aliphatic hydroxyl groups is 1. The number of hydrogen-bond donors (Lipinski definition) is 3. The van der Waals surface area contributed by atoms with Crippen LogP contribution in [0.25, 0.3) is 0 Å². The Kier molecular flexibility index (Phi) is 6.54. The first-order chi connectivity index (χ1) is 12.7. The van der Waals surface area contributed by atoms with Crippen molar-refractivity contribution >= 4 is 27.6 Å². The smallest absolute Gasteiger partial charge is 0.338 e. The fraction of sp³-hybridized carbons (Fsp3) is 0.222. The second-order valence-electron chi connectivity index (χ2n) is 5.68. The summed E-state index contributed by atoms with van der Waals surface area (Å²) in [6.07, 6.45) is -0.689. The van der Waals surface area contributed by atoms with Crippen LogP contribution in [-0.2, 0) is 19.6 Å². The van der Waals surface area contributed by atoms with Gasteiger partial charge in [-0.15, -0.1) is 0 Å². The summed E-state index contributed by atoms with van der Waals surface area (Å²) in [6.45, 7) is 1.19. The first-order valence-electron chi connectivity index (χ1n) is 8.01. The summed E-state index contributed by atoms with van der Waals surface area (Å²) in [4.78, 5) is 22.9. The second-order valence-corrected chi connectivity index (χ2v) is 7.36. The lowest BCUT2D eigenvalue weighted by atomic mass is 10.1. The Hall–Kier alpha value is -2.91. The van der Waals surface area contributed by atoms with Gasteiger partial charge in [-0.3, -0.25) is 9.52 Å². The number of likely N-dealkylation sites (N-methyl/N-ethyl adjacent to an activating group) is 1. The lowest BCUT2D eigenvalue weighted by Gasteiger charge is -2.10. The van der Waals surface area contributed by atoms with E-state index in [-0.39, 0.29) is 16.1 Å². The van der Waals surface area contributed by atoms with Crippen LogP contribution >= 0.6 is 0 Å². The predicted molar refractivity (Wildman–Crippen MR) is 98.7 cm³/mol. The lowest BCUT2D eigenvalue weighted by molar-refractivity contribution is -0.123. The third-order valence-electron chi connectivity index (χ3n) is 3.66. The summed E-state index contributed by atoms with van der Waals surface area (Å²) in [6, 6.07) is 11.5. The third kappa shape index (κ3) is 5.53. The Morgan fingerprint density at radius 3 is 2.19 bits per heavy atom. The summed E-state index contributed by atoms with van der Waals surface area (Å²) in [5.74, 6) is -1.13. The summed E-state index contributed by atoms with van der Waals surface area (Å²) in [5, 5.41) is 11.8. The third-order valence-corrected chi connectivity index (χ3v) is 5.06. The van der Waals surface area contributed by atoms with Crippen molar-refractivity contribution < 1.29 is 27.9 Å². The molecule has 0 aliphatic carbocycles. The van der Waals surface area contributed by atoms with Crippen molar-refractivity contribution in [3.8, 4) is 0 Å². The maximum absolute atomic E-state index is 12.4. The molecule has 0 radical (unpaired) electrons. The van der Waals surface area contributed by atoms with E-state index in [0.717, 1.165) is 0 Å². The molecule has 2 aromatic rings. The summed E-state index contributed by atoms with van der Waals surface area (Å²) in [7, 11) is -2.39. The van der Waals surface area contributed by atoms with Crippen molar-refractivity contribution in [2.24, 2.45) is 0 Å². The Bertz CT molecular complexity index is 906. The number of rotatable bonds is 7. The minimum Gasteiger partial charge on any atom is -0.452 e. The van der Waals surface area contributed by atoms with E-state index in [0.29, 0.717) is 5.56 Å². The van der Waals surface area contributed by atoms with Crippen LogP contribution in [0.5, 0.6) is 0 Å². The highest BCUT2D eigenvalue weighted by molar-refractivity contribution is 7.92. The minimum atomic E-state index is -3.81. The van der Waals surface area contributed by atoms with Crippen LogP contribution in [0.2, 0.25) is 0 Å². The average Bonchev–Trinajstić information content (AvgIpc) is 2.66. The molecule has 0 aromatic heterocycles. The number of anilines is 1. The van der Waals surface area contributed by atoms with Crippen molar-refractivity contribution in [3.05, 3.63) is 59.7 Å². The molecule has 2 rings (SSSR count). The first-order valence-corrected chi connectivity index (χ1v) is 9.50. The van der Waals surface area contributed by atoms with Crippen LogP contribution in [0.1, 0.15) is 28.9 Å². The molecule has 0 aliphatic rings. The molecule has 2 aromatic carbocycles. The Labute approximate surface area is 157 Å². The number of hydrogen-bond acceptors (Lipinski definition) is 6. The molecule has 0 spiro atoms. The van der Waals surface area contributed by atoms with Gasteiger partial charge in [0.1, 0.15) is 0 Å². The number of amides is 1. The van der Waals surface area contributed by atoms with E-state index in [1.54, 1.807) is 6.92 Å². The Balaban J connectivity index is 2.06. The van der Waals surface area contributed by atoms with E-state index in [1.807, 2.05) is 0 Å². The fourth-order valence-corrected chi connectivity index (χ4v) is 3.16. The largest absolute Gasteiger partial charge is 0.452 e. The zero-order valence-electron chi connectivity index (χ0n) is 14.8. The molecular weight excluding hydrogens is 372 g/mol. The molecule has 1 amide bonds. The first kappa shape index (κ1) is 20.4. The van der Waals surface area contributed by atoms with E-state index < -0.39 is 34.6 Å². The molecule has 8 nitrogen and oxygen atoms in total. The van der Waals surface area contributed by atoms with Crippen LogP contribution in [0.15, 0.2) is 53.4 Å². The van der Waals surface area contributed by atoms with Gasteiger partial charge in [-0.05, 0) is 48.9 Å². The number of esters is 1. The van der Waals surface area contributed by atoms with E-state index in [4.69, 9.17) is 4.74 Å². The fourth-order valence-electron chi connectivity index (χ4n) is 2.10. The number of ether oxygens (including phenoxy) is 1. The molecule has 0 fully saturated rings. The molecule has 0 saturated carbocycles. The zero-order chi connectivity index (χ0) is 20.0. The van der Waals surface area contributed by atoms with Crippen molar-refractivity contribution in [1.82, 2.24) is 5.32 Å². The topological polar surface area (TPSA) is 122 Å². The molecule has 1 atom stereocenters. The highest BCUT2D eigenvalue weighted by Crippen LogP contribution is 2.19. The number of aliphatic hydroxyl groups excluding tert-OH is 1.